The number of nitrogens with zero attached hydrogens (tertiary/aromatic N) is 2. The Labute approximate surface area is 115 Å². The summed E-state index contributed by atoms with van der Waals surface area (Å²) in [5.41, 5.74) is 9.75. The van der Waals surface area contributed by atoms with Gasteiger partial charge in [-0.3, -0.25) is 9.88 Å². The molecule has 0 aliphatic heterocycles. The van der Waals surface area contributed by atoms with E-state index in [9.17, 15) is 0 Å². The van der Waals surface area contributed by atoms with Gasteiger partial charge in [0, 0.05) is 31.5 Å². The monoisotopic (exact) mass is 255 g/mol. The molecule has 0 aliphatic carbocycles. The summed E-state index contributed by atoms with van der Waals surface area (Å²) in [5.74, 6) is 0. The van der Waals surface area contributed by atoms with E-state index in [0.717, 1.165) is 6.54 Å². The molecule has 3 nitrogen and oxygen atoms in total. The van der Waals surface area contributed by atoms with Crippen molar-refractivity contribution in [2.24, 2.45) is 5.73 Å². The lowest BCUT2D eigenvalue weighted by Crippen LogP contribution is -2.30. The summed E-state index contributed by atoms with van der Waals surface area (Å²) in [6.07, 6.45) is 3.68. The van der Waals surface area contributed by atoms with Crippen molar-refractivity contribution in [3.63, 3.8) is 0 Å². The Hall–Kier alpha value is -1.71. The number of hydrogen-bond acceptors (Lipinski definition) is 3. The molecule has 0 bridgehead atoms. The Morgan fingerprint density at radius 1 is 1.21 bits per heavy atom. The highest BCUT2D eigenvalue weighted by molar-refractivity contribution is 5.26. The standard InChI is InChI=1S/C16H21N3/c1-13-6-3-4-7-15(13)12-19(2)16(10-17)14-8-5-9-18-11-14/h3-9,11,16H,10,12,17H2,1-2H3. The predicted molar refractivity (Wildman–Crippen MR) is 78.7 cm³/mol. The molecule has 0 radical (unpaired) electrons. The highest BCUT2D eigenvalue weighted by Gasteiger charge is 2.16. The van der Waals surface area contributed by atoms with Crippen LogP contribution in [0.3, 0.4) is 0 Å². The molecule has 1 atom stereocenters. The molecule has 0 amide bonds. The van der Waals surface area contributed by atoms with E-state index in [-0.39, 0.29) is 6.04 Å². The largest absolute Gasteiger partial charge is 0.329 e. The van der Waals surface area contributed by atoms with Crippen LogP contribution in [0.25, 0.3) is 0 Å². The van der Waals surface area contributed by atoms with Crippen molar-refractivity contribution in [3.05, 3.63) is 65.5 Å². The number of rotatable bonds is 5. The Bertz CT molecular complexity index is 510. The highest BCUT2D eigenvalue weighted by atomic mass is 15.1. The first-order valence-electron chi connectivity index (χ1n) is 6.57. The van der Waals surface area contributed by atoms with E-state index in [0.29, 0.717) is 6.54 Å². The normalized spacial score (nSPS) is 12.6. The van der Waals surface area contributed by atoms with Gasteiger partial charge in [0.25, 0.3) is 0 Å². The molecule has 1 aromatic heterocycles. The average molecular weight is 255 g/mol. The Kier molecular flexibility index (Phi) is 4.66. The molecule has 3 heteroatoms. The second-order valence-corrected chi connectivity index (χ2v) is 4.88. The van der Waals surface area contributed by atoms with Gasteiger partial charge < -0.3 is 5.73 Å². The van der Waals surface area contributed by atoms with Gasteiger partial charge in [-0.05, 0) is 36.7 Å². The van der Waals surface area contributed by atoms with Gasteiger partial charge in [0.2, 0.25) is 0 Å². The summed E-state index contributed by atoms with van der Waals surface area (Å²) < 4.78 is 0. The van der Waals surface area contributed by atoms with Crippen LogP contribution in [-0.2, 0) is 6.54 Å². The molecule has 2 aromatic rings. The lowest BCUT2D eigenvalue weighted by molar-refractivity contribution is 0.241. The van der Waals surface area contributed by atoms with Crippen LogP contribution in [0.15, 0.2) is 48.8 Å². The first kappa shape index (κ1) is 13.7. The maximum atomic E-state index is 5.93. The fraction of sp³-hybridized carbons (Fsp3) is 0.312. The van der Waals surface area contributed by atoms with E-state index in [1.54, 1.807) is 6.20 Å². The maximum absolute atomic E-state index is 5.93. The highest BCUT2D eigenvalue weighted by Crippen LogP contribution is 2.20. The number of pyridine rings is 1. The third-order valence-corrected chi connectivity index (χ3v) is 3.51. The summed E-state index contributed by atoms with van der Waals surface area (Å²) in [6, 6.07) is 12.7. The van der Waals surface area contributed by atoms with Crippen molar-refractivity contribution in [1.29, 1.82) is 0 Å². The molecule has 1 aromatic carbocycles. The van der Waals surface area contributed by atoms with E-state index in [1.165, 1.54) is 16.7 Å². The minimum atomic E-state index is 0.202. The van der Waals surface area contributed by atoms with Crippen molar-refractivity contribution in [3.8, 4) is 0 Å². The van der Waals surface area contributed by atoms with Gasteiger partial charge in [-0.15, -0.1) is 0 Å². The molecule has 2 N–H and O–H groups in total. The fourth-order valence-electron chi connectivity index (χ4n) is 2.31. The van der Waals surface area contributed by atoms with Crippen molar-refractivity contribution in [1.82, 2.24) is 9.88 Å². The summed E-state index contributed by atoms with van der Waals surface area (Å²) in [6.45, 7) is 3.63. The summed E-state index contributed by atoms with van der Waals surface area (Å²) in [4.78, 5) is 6.46. The predicted octanol–water partition coefficient (Wildman–Crippen LogP) is 2.52. The molecular formula is C16H21N3. The minimum Gasteiger partial charge on any atom is -0.329 e. The Morgan fingerprint density at radius 2 is 2.00 bits per heavy atom. The summed E-state index contributed by atoms with van der Waals surface area (Å²) in [5, 5.41) is 0. The van der Waals surface area contributed by atoms with Crippen molar-refractivity contribution >= 4 is 0 Å². The second kappa shape index (κ2) is 6.45. The fourth-order valence-corrected chi connectivity index (χ4v) is 2.31. The van der Waals surface area contributed by atoms with Crippen LogP contribution >= 0.6 is 0 Å². The van der Waals surface area contributed by atoms with Crippen LogP contribution in [0.1, 0.15) is 22.7 Å². The lowest BCUT2D eigenvalue weighted by Gasteiger charge is -2.27. The van der Waals surface area contributed by atoms with Crippen LogP contribution in [-0.4, -0.2) is 23.5 Å². The molecule has 0 fully saturated rings. The number of likely N-dealkylation sites (N-methyl/N-ethyl adjacent to an activating group) is 1. The van der Waals surface area contributed by atoms with E-state index < -0.39 is 0 Å². The van der Waals surface area contributed by atoms with Gasteiger partial charge >= 0.3 is 0 Å². The van der Waals surface area contributed by atoms with Gasteiger partial charge in [-0.25, -0.2) is 0 Å². The molecule has 19 heavy (non-hydrogen) atoms. The molecule has 0 spiro atoms. The van der Waals surface area contributed by atoms with E-state index in [2.05, 4.69) is 54.2 Å². The minimum absolute atomic E-state index is 0.202. The molecular weight excluding hydrogens is 234 g/mol. The van der Waals surface area contributed by atoms with E-state index >= 15 is 0 Å². The van der Waals surface area contributed by atoms with Gasteiger partial charge in [0.05, 0.1) is 0 Å². The Balaban J connectivity index is 2.14. The zero-order valence-electron chi connectivity index (χ0n) is 11.6. The van der Waals surface area contributed by atoms with Crippen LogP contribution in [0, 0.1) is 6.92 Å². The zero-order chi connectivity index (χ0) is 13.7. The first-order chi connectivity index (χ1) is 9.22. The van der Waals surface area contributed by atoms with Crippen molar-refractivity contribution in [2.45, 2.75) is 19.5 Å². The molecule has 1 heterocycles. The number of nitrogens with two attached hydrogens (primary N) is 1. The SMILES string of the molecule is Cc1ccccc1CN(C)C(CN)c1cccnc1. The van der Waals surface area contributed by atoms with Crippen LogP contribution in [0.5, 0.6) is 0 Å². The average Bonchev–Trinajstić information content (AvgIpc) is 2.43. The number of benzene rings is 1. The van der Waals surface area contributed by atoms with E-state index in [1.807, 2.05) is 12.3 Å². The smallest absolute Gasteiger partial charge is 0.0486 e. The molecule has 1 unspecified atom stereocenters. The molecule has 100 valence electrons. The Morgan fingerprint density at radius 3 is 2.63 bits per heavy atom. The number of hydrogen-bond donors (Lipinski definition) is 1. The number of aromatic nitrogens is 1. The van der Waals surface area contributed by atoms with Gasteiger partial charge in [0.15, 0.2) is 0 Å². The number of aryl methyl sites for hydroxylation is 1. The molecule has 0 aliphatic rings. The second-order valence-electron chi connectivity index (χ2n) is 4.88. The summed E-state index contributed by atoms with van der Waals surface area (Å²) in [7, 11) is 2.11. The first-order valence-corrected chi connectivity index (χ1v) is 6.57. The van der Waals surface area contributed by atoms with Crippen LogP contribution in [0.4, 0.5) is 0 Å². The third-order valence-electron chi connectivity index (χ3n) is 3.51. The van der Waals surface area contributed by atoms with Crippen molar-refractivity contribution in [2.75, 3.05) is 13.6 Å². The van der Waals surface area contributed by atoms with Crippen molar-refractivity contribution < 1.29 is 0 Å². The van der Waals surface area contributed by atoms with Crippen LogP contribution < -0.4 is 5.73 Å². The molecule has 0 saturated carbocycles. The van der Waals surface area contributed by atoms with E-state index in [4.69, 9.17) is 5.73 Å². The molecule has 2 rings (SSSR count). The lowest BCUT2D eigenvalue weighted by atomic mass is 10.1. The van der Waals surface area contributed by atoms with Gasteiger partial charge in [-0.2, -0.15) is 0 Å². The topological polar surface area (TPSA) is 42.1 Å². The maximum Gasteiger partial charge on any atom is 0.0486 e. The zero-order valence-corrected chi connectivity index (χ0v) is 11.6. The quantitative estimate of drug-likeness (QED) is 0.892. The van der Waals surface area contributed by atoms with Gasteiger partial charge in [0.1, 0.15) is 0 Å². The molecule has 0 saturated heterocycles. The third kappa shape index (κ3) is 3.40. The van der Waals surface area contributed by atoms with Crippen LogP contribution in [0.2, 0.25) is 0 Å². The summed E-state index contributed by atoms with van der Waals surface area (Å²) >= 11 is 0. The van der Waals surface area contributed by atoms with Gasteiger partial charge in [-0.1, -0.05) is 30.3 Å².